The number of anilines is 1. The fourth-order valence-electron chi connectivity index (χ4n) is 1.72. The summed E-state index contributed by atoms with van der Waals surface area (Å²) in [5.41, 5.74) is 0.644. The molecule has 1 heterocycles. The Hall–Kier alpha value is -2.57. The second kappa shape index (κ2) is 6.93. The van der Waals surface area contributed by atoms with Gasteiger partial charge in [0.25, 0.3) is 0 Å². The number of halogens is 3. The highest BCUT2D eigenvalue weighted by atomic mass is 19.4. The number of nitrogens with one attached hydrogen (secondary N) is 2. The molecule has 22 heavy (non-hydrogen) atoms. The highest BCUT2D eigenvalue weighted by Crippen LogP contribution is 2.29. The van der Waals surface area contributed by atoms with Crippen molar-refractivity contribution in [2.75, 3.05) is 11.9 Å². The molecular formula is C15H14F3N3O. The molecule has 0 saturated carbocycles. The Morgan fingerprint density at radius 3 is 2.27 bits per heavy atom. The van der Waals surface area contributed by atoms with Gasteiger partial charge in [-0.3, -0.25) is 9.78 Å². The minimum atomic E-state index is -4.36. The summed E-state index contributed by atoms with van der Waals surface area (Å²) in [5.74, 6) is -0.253. The maximum atomic E-state index is 12.4. The lowest BCUT2D eigenvalue weighted by molar-refractivity contribution is -0.137. The van der Waals surface area contributed by atoms with Crippen LogP contribution in [-0.4, -0.2) is 17.4 Å². The van der Waals surface area contributed by atoms with Gasteiger partial charge in [0.05, 0.1) is 12.1 Å². The van der Waals surface area contributed by atoms with Gasteiger partial charge in [0.1, 0.15) is 0 Å². The number of hydrogen-bond acceptors (Lipinski definition) is 3. The zero-order valence-corrected chi connectivity index (χ0v) is 11.5. The highest BCUT2D eigenvalue weighted by Gasteiger charge is 2.29. The number of amides is 1. The van der Waals surface area contributed by atoms with Crippen LogP contribution >= 0.6 is 0 Å². The zero-order valence-electron chi connectivity index (χ0n) is 11.5. The second-order valence-electron chi connectivity index (χ2n) is 4.56. The topological polar surface area (TPSA) is 54.0 Å². The Kier molecular flexibility index (Phi) is 4.98. The van der Waals surface area contributed by atoms with E-state index < -0.39 is 11.7 Å². The third kappa shape index (κ3) is 4.76. The number of carbonyl (C=O) groups is 1. The summed E-state index contributed by atoms with van der Waals surface area (Å²) in [6, 6.07) is 8.08. The number of benzene rings is 1. The fourth-order valence-corrected chi connectivity index (χ4v) is 1.72. The molecule has 2 aromatic rings. The summed E-state index contributed by atoms with van der Waals surface area (Å²) in [4.78, 5) is 15.5. The number of rotatable bonds is 5. The third-order valence-corrected chi connectivity index (χ3v) is 2.90. The van der Waals surface area contributed by atoms with Crippen molar-refractivity contribution >= 4 is 11.6 Å². The predicted molar refractivity (Wildman–Crippen MR) is 76.0 cm³/mol. The van der Waals surface area contributed by atoms with E-state index in [0.29, 0.717) is 12.2 Å². The molecular weight excluding hydrogens is 295 g/mol. The van der Waals surface area contributed by atoms with Gasteiger partial charge < -0.3 is 10.6 Å². The summed E-state index contributed by atoms with van der Waals surface area (Å²) < 4.78 is 37.2. The fraction of sp³-hybridized carbons (Fsp3) is 0.200. The molecule has 0 aliphatic rings. The van der Waals surface area contributed by atoms with E-state index in [4.69, 9.17) is 0 Å². The summed E-state index contributed by atoms with van der Waals surface area (Å²) >= 11 is 0. The molecule has 1 aromatic heterocycles. The lowest BCUT2D eigenvalue weighted by Gasteiger charge is -2.10. The van der Waals surface area contributed by atoms with E-state index in [0.717, 1.165) is 17.7 Å². The van der Waals surface area contributed by atoms with Crippen molar-refractivity contribution in [2.45, 2.75) is 12.7 Å². The van der Waals surface area contributed by atoms with Crippen LogP contribution < -0.4 is 10.6 Å². The minimum absolute atomic E-state index is 0.0174. The molecule has 0 atom stereocenters. The van der Waals surface area contributed by atoms with E-state index in [1.807, 2.05) is 0 Å². The molecule has 0 spiro atoms. The van der Waals surface area contributed by atoms with Crippen LogP contribution in [0.25, 0.3) is 0 Å². The van der Waals surface area contributed by atoms with Crippen LogP contribution in [0.5, 0.6) is 0 Å². The number of nitrogens with zero attached hydrogens (tertiary/aromatic N) is 1. The molecule has 0 fully saturated rings. The number of carbonyl (C=O) groups excluding carboxylic acids is 1. The standard InChI is InChI=1S/C15H14F3N3O/c16-15(17,18)12-1-3-13(4-2-12)20-10-14(22)21-9-11-5-7-19-8-6-11/h1-8,20H,9-10H2,(H,21,22). The number of alkyl halides is 3. The quantitative estimate of drug-likeness (QED) is 0.893. The molecule has 0 bridgehead atoms. The Labute approximate surface area is 125 Å². The SMILES string of the molecule is O=C(CNc1ccc(C(F)(F)F)cc1)NCc1ccncc1. The van der Waals surface area contributed by atoms with E-state index in [9.17, 15) is 18.0 Å². The Bertz CT molecular complexity index is 612. The van der Waals surface area contributed by atoms with Crippen molar-refractivity contribution in [3.63, 3.8) is 0 Å². The van der Waals surface area contributed by atoms with Gasteiger partial charge >= 0.3 is 6.18 Å². The van der Waals surface area contributed by atoms with Gasteiger partial charge in [0.15, 0.2) is 0 Å². The van der Waals surface area contributed by atoms with Crippen molar-refractivity contribution in [3.05, 3.63) is 59.9 Å². The average Bonchev–Trinajstić information content (AvgIpc) is 2.51. The lowest BCUT2D eigenvalue weighted by Crippen LogP contribution is -2.29. The van der Waals surface area contributed by atoms with Gasteiger partial charge in [0, 0.05) is 24.6 Å². The molecule has 2 N–H and O–H groups in total. The van der Waals surface area contributed by atoms with Gasteiger partial charge in [-0.25, -0.2) is 0 Å². The van der Waals surface area contributed by atoms with Crippen LogP contribution in [0.4, 0.5) is 18.9 Å². The summed E-state index contributed by atoms with van der Waals surface area (Å²) in [5, 5.41) is 5.46. The average molecular weight is 309 g/mol. The normalized spacial score (nSPS) is 11.0. The van der Waals surface area contributed by atoms with Crippen LogP contribution in [0.1, 0.15) is 11.1 Å². The van der Waals surface area contributed by atoms with Crippen molar-refractivity contribution in [2.24, 2.45) is 0 Å². The van der Waals surface area contributed by atoms with Crippen molar-refractivity contribution in [3.8, 4) is 0 Å². The summed E-state index contributed by atoms with van der Waals surface area (Å²) in [6.07, 6.45) is -1.11. The van der Waals surface area contributed by atoms with Crippen LogP contribution in [0, 0.1) is 0 Å². The molecule has 2 rings (SSSR count). The Morgan fingerprint density at radius 2 is 1.68 bits per heavy atom. The van der Waals surface area contributed by atoms with Gasteiger partial charge in [-0.05, 0) is 42.0 Å². The molecule has 1 aromatic carbocycles. The van der Waals surface area contributed by atoms with Crippen molar-refractivity contribution in [1.82, 2.24) is 10.3 Å². The van der Waals surface area contributed by atoms with Crippen LogP contribution in [0.2, 0.25) is 0 Å². The first kappa shape index (κ1) is 15.8. The Morgan fingerprint density at radius 1 is 1.05 bits per heavy atom. The smallest absolute Gasteiger partial charge is 0.376 e. The first-order valence-electron chi connectivity index (χ1n) is 6.52. The van der Waals surface area contributed by atoms with E-state index >= 15 is 0 Å². The minimum Gasteiger partial charge on any atom is -0.376 e. The molecule has 116 valence electrons. The third-order valence-electron chi connectivity index (χ3n) is 2.90. The summed E-state index contributed by atoms with van der Waals surface area (Å²) in [6.45, 7) is 0.354. The first-order valence-corrected chi connectivity index (χ1v) is 6.52. The molecule has 0 unspecified atom stereocenters. The molecule has 0 radical (unpaired) electrons. The largest absolute Gasteiger partial charge is 0.416 e. The number of pyridine rings is 1. The lowest BCUT2D eigenvalue weighted by atomic mass is 10.2. The molecule has 0 saturated heterocycles. The molecule has 0 aliphatic carbocycles. The second-order valence-corrected chi connectivity index (χ2v) is 4.56. The Balaban J connectivity index is 1.79. The van der Waals surface area contributed by atoms with E-state index in [-0.39, 0.29) is 12.5 Å². The van der Waals surface area contributed by atoms with Crippen LogP contribution in [-0.2, 0) is 17.5 Å². The molecule has 4 nitrogen and oxygen atoms in total. The molecule has 7 heteroatoms. The van der Waals surface area contributed by atoms with Crippen LogP contribution in [0.3, 0.4) is 0 Å². The van der Waals surface area contributed by atoms with Gasteiger partial charge in [-0.1, -0.05) is 0 Å². The maximum Gasteiger partial charge on any atom is 0.416 e. The molecule has 0 aliphatic heterocycles. The van der Waals surface area contributed by atoms with E-state index in [1.165, 1.54) is 12.1 Å². The van der Waals surface area contributed by atoms with E-state index in [2.05, 4.69) is 15.6 Å². The van der Waals surface area contributed by atoms with Gasteiger partial charge in [-0.2, -0.15) is 13.2 Å². The van der Waals surface area contributed by atoms with Crippen molar-refractivity contribution < 1.29 is 18.0 Å². The monoisotopic (exact) mass is 309 g/mol. The predicted octanol–water partition coefficient (Wildman–Crippen LogP) is 2.83. The van der Waals surface area contributed by atoms with Gasteiger partial charge in [0.2, 0.25) is 5.91 Å². The number of hydrogen-bond donors (Lipinski definition) is 2. The van der Waals surface area contributed by atoms with Crippen LogP contribution in [0.15, 0.2) is 48.8 Å². The molecule has 1 amide bonds. The van der Waals surface area contributed by atoms with Crippen molar-refractivity contribution in [1.29, 1.82) is 0 Å². The zero-order chi connectivity index (χ0) is 16.0. The van der Waals surface area contributed by atoms with E-state index in [1.54, 1.807) is 24.5 Å². The summed E-state index contributed by atoms with van der Waals surface area (Å²) in [7, 11) is 0. The van der Waals surface area contributed by atoms with Gasteiger partial charge in [-0.15, -0.1) is 0 Å². The first-order chi connectivity index (χ1) is 10.4. The number of aromatic nitrogens is 1. The maximum absolute atomic E-state index is 12.4. The highest BCUT2D eigenvalue weighted by molar-refractivity contribution is 5.80.